The minimum absolute atomic E-state index is 0.0237. The third kappa shape index (κ3) is 4.32. The first-order valence-corrected chi connectivity index (χ1v) is 12.6. The molecule has 3 aromatic carbocycles. The minimum Gasteiger partial charge on any atom is -0.340 e. The van der Waals surface area contributed by atoms with Crippen LogP contribution in [0.15, 0.2) is 81.1 Å². The molecule has 0 saturated heterocycles. The maximum atomic E-state index is 13.4. The van der Waals surface area contributed by atoms with Crippen LogP contribution in [0.5, 0.6) is 0 Å². The zero-order chi connectivity index (χ0) is 24.7. The van der Waals surface area contributed by atoms with Crippen molar-refractivity contribution < 1.29 is 0 Å². The average molecular weight is 548 g/mol. The van der Waals surface area contributed by atoms with Crippen molar-refractivity contribution in [3.63, 3.8) is 0 Å². The molecule has 0 unspecified atom stereocenters. The number of nitrogens with zero attached hydrogens (tertiary/aromatic N) is 4. The summed E-state index contributed by atoms with van der Waals surface area (Å²) in [5.74, 6) is 0.647. The minimum atomic E-state index is -0.186. The Morgan fingerprint density at radius 3 is 2.57 bits per heavy atom. The molecular formula is C28H24BrClN4O. The molecule has 5 aromatic rings. The number of aromatic nitrogens is 3. The molecule has 0 aliphatic rings. The fraction of sp³-hybridized carbons (Fsp3) is 0.179. The van der Waals surface area contributed by atoms with Gasteiger partial charge in [-0.2, -0.15) is 9.78 Å². The molecule has 0 spiro atoms. The zero-order valence-corrected chi connectivity index (χ0v) is 22.0. The van der Waals surface area contributed by atoms with Gasteiger partial charge in [-0.3, -0.25) is 4.79 Å². The number of halogens is 2. The molecule has 5 rings (SSSR count). The normalized spacial score (nSPS) is 11.9. The summed E-state index contributed by atoms with van der Waals surface area (Å²) in [5.41, 5.74) is 4.62. The number of hydrogen-bond acceptors (Lipinski definition) is 3. The quantitative estimate of drug-likeness (QED) is 0.220. The molecule has 0 amide bonds. The maximum Gasteiger partial charge on any atom is 0.282 e. The summed E-state index contributed by atoms with van der Waals surface area (Å²) in [6.45, 7) is 6.74. The van der Waals surface area contributed by atoms with Gasteiger partial charge in [0.25, 0.3) is 5.56 Å². The molecule has 5 nitrogen and oxygen atoms in total. The molecule has 0 bridgehead atoms. The van der Waals surface area contributed by atoms with E-state index in [0.717, 1.165) is 37.2 Å². The smallest absolute Gasteiger partial charge is 0.282 e. The molecule has 0 atom stereocenters. The second-order valence-corrected chi connectivity index (χ2v) is 10.2. The summed E-state index contributed by atoms with van der Waals surface area (Å²) >= 11 is 9.92. The van der Waals surface area contributed by atoms with Gasteiger partial charge in [0.2, 0.25) is 0 Å². The Kier molecular flexibility index (Phi) is 6.34. The van der Waals surface area contributed by atoms with Crippen LogP contribution in [0.1, 0.15) is 42.4 Å². The van der Waals surface area contributed by atoms with Gasteiger partial charge in [-0.1, -0.05) is 77.8 Å². The number of rotatable bonds is 5. The molecular weight excluding hydrogens is 524 g/mol. The topological polar surface area (TPSA) is 52.2 Å². The Morgan fingerprint density at radius 2 is 1.80 bits per heavy atom. The Morgan fingerprint density at radius 1 is 1.06 bits per heavy atom. The van der Waals surface area contributed by atoms with E-state index in [9.17, 15) is 4.79 Å². The Bertz CT molecular complexity index is 1670. The van der Waals surface area contributed by atoms with Gasteiger partial charge >= 0.3 is 0 Å². The van der Waals surface area contributed by atoms with E-state index < -0.39 is 0 Å². The van der Waals surface area contributed by atoms with Gasteiger partial charge < -0.3 is 4.57 Å². The van der Waals surface area contributed by atoms with Crippen LogP contribution in [0, 0.1) is 6.92 Å². The van der Waals surface area contributed by atoms with Gasteiger partial charge in [-0.25, -0.2) is 4.98 Å². The predicted molar refractivity (Wildman–Crippen MR) is 148 cm³/mol. The second-order valence-electron chi connectivity index (χ2n) is 8.84. The van der Waals surface area contributed by atoms with Gasteiger partial charge in [-0.15, -0.1) is 0 Å². The van der Waals surface area contributed by atoms with E-state index in [1.165, 1.54) is 4.68 Å². The standard InChI is InChI=1S/C28H24BrClN4O/c1-17(2)27-32-25-13-12-20(29)14-22(25)28(35)34(27)31-15-23-18(3)33(26-11-7-5-9-21(23)26)16-19-8-4-6-10-24(19)30/h4-15,17H,16H2,1-3H3. The largest absolute Gasteiger partial charge is 0.340 e. The van der Waals surface area contributed by atoms with Crippen molar-refractivity contribution in [2.24, 2.45) is 5.10 Å². The fourth-order valence-corrected chi connectivity index (χ4v) is 4.94. The Hall–Kier alpha value is -3.22. The van der Waals surface area contributed by atoms with Crippen LogP contribution >= 0.6 is 27.5 Å². The van der Waals surface area contributed by atoms with E-state index in [0.29, 0.717) is 23.3 Å². The summed E-state index contributed by atoms with van der Waals surface area (Å²) in [7, 11) is 0. The molecule has 0 saturated carbocycles. The maximum absolute atomic E-state index is 13.4. The number of hydrogen-bond donors (Lipinski definition) is 0. The Labute approximate surface area is 216 Å². The van der Waals surface area contributed by atoms with E-state index >= 15 is 0 Å². The second kappa shape index (κ2) is 9.44. The van der Waals surface area contributed by atoms with Crippen molar-refractivity contribution in [2.75, 3.05) is 0 Å². The molecule has 0 aliphatic heterocycles. The lowest BCUT2D eigenvalue weighted by Crippen LogP contribution is -2.23. The predicted octanol–water partition coefficient (Wildman–Crippen LogP) is 7.13. The van der Waals surface area contributed by atoms with Gasteiger partial charge in [0.15, 0.2) is 0 Å². The van der Waals surface area contributed by atoms with Crippen LogP contribution in [0.25, 0.3) is 21.8 Å². The molecule has 0 fully saturated rings. The van der Waals surface area contributed by atoms with Crippen molar-refractivity contribution in [3.05, 3.63) is 109 Å². The average Bonchev–Trinajstić information content (AvgIpc) is 3.10. The van der Waals surface area contributed by atoms with Gasteiger partial charge in [0.1, 0.15) is 5.82 Å². The number of fused-ring (bicyclic) bond motifs is 2. The van der Waals surface area contributed by atoms with Gasteiger partial charge in [0, 0.05) is 44.1 Å². The van der Waals surface area contributed by atoms with Crippen LogP contribution in [-0.4, -0.2) is 20.4 Å². The van der Waals surface area contributed by atoms with Gasteiger partial charge in [-0.05, 0) is 42.8 Å². The van der Waals surface area contributed by atoms with Crippen LogP contribution in [0.4, 0.5) is 0 Å². The highest BCUT2D eigenvalue weighted by molar-refractivity contribution is 9.10. The highest BCUT2D eigenvalue weighted by Gasteiger charge is 2.16. The highest BCUT2D eigenvalue weighted by Crippen LogP contribution is 2.27. The summed E-state index contributed by atoms with van der Waals surface area (Å²) in [6, 6.07) is 21.6. The lowest BCUT2D eigenvalue weighted by atomic mass is 10.1. The first-order chi connectivity index (χ1) is 16.8. The zero-order valence-electron chi connectivity index (χ0n) is 19.7. The lowest BCUT2D eigenvalue weighted by Gasteiger charge is -2.12. The molecule has 2 heterocycles. The molecule has 2 aromatic heterocycles. The van der Waals surface area contributed by atoms with Crippen LogP contribution in [0.3, 0.4) is 0 Å². The molecule has 0 radical (unpaired) electrons. The first-order valence-electron chi connectivity index (χ1n) is 11.4. The van der Waals surface area contributed by atoms with Crippen molar-refractivity contribution in [1.29, 1.82) is 0 Å². The van der Waals surface area contributed by atoms with Crippen molar-refractivity contribution >= 4 is 55.6 Å². The SMILES string of the molecule is Cc1c(C=Nn2c(C(C)C)nc3ccc(Br)cc3c2=O)c2ccccc2n1Cc1ccccc1Cl. The van der Waals surface area contributed by atoms with Gasteiger partial charge in [0.05, 0.1) is 17.1 Å². The Balaban J connectivity index is 1.67. The number of benzene rings is 3. The molecule has 7 heteroatoms. The lowest BCUT2D eigenvalue weighted by molar-refractivity contribution is 0.665. The summed E-state index contributed by atoms with van der Waals surface area (Å²) < 4.78 is 4.49. The van der Waals surface area contributed by atoms with Crippen LogP contribution in [-0.2, 0) is 6.54 Å². The van der Waals surface area contributed by atoms with E-state index in [-0.39, 0.29) is 11.5 Å². The van der Waals surface area contributed by atoms with Crippen molar-refractivity contribution in [2.45, 2.75) is 33.2 Å². The van der Waals surface area contributed by atoms with Crippen molar-refractivity contribution in [3.8, 4) is 0 Å². The first kappa shape index (κ1) is 23.5. The highest BCUT2D eigenvalue weighted by atomic mass is 79.9. The fourth-order valence-electron chi connectivity index (χ4n) is 4.39. The number of para-hydroxylation sites is 1. The van der Waals surface area contributed by atoms with E-state index in [1.807, 2.05) is 62.4 Å². The van der Waals surface area contributed by atoms with E-state index in [1.54, 1.807) is 12.3 Å². The van der Waals surface area contributed by atoms with E-state index in [4.69, 9.17) is 16.6 Å². The third-order valence-electron chi connectivity index (χ3n) is 6.22. The monoisotopic (exact) mass is 546 g/mol. The molecule has 0 N–H and O–H groups in total. The summed E-state index contributed by atoms with van der Waals surface area (Å²) in [4.78, 5) is 18.2. The van der Waals surface area contributed by atoms with E-state index in [2.05, 4.69) is 44.7 Å². The van der Waals surface area contributed by atoms with Crippen molar-refractivity contribution in [1.82, 2.24) is 14.2 Å². The molecule has 0 aliphatic carbocycles. The molecule has 176 valence electrons. The summed E-state index contributed by atoms with van der Waals surface area (Å²) in [5, 5.41) is 7.02. The third-order valence-corrected chi connectivity index (χ3v) is 7.08. The summed E-state index contributed by atoms with van der Waals surface area (Å²) in [6.07, 6.45) is 1.78. The molecule has 35 heavy (non-hydrogen) atoms. The van der Waals surface area contributed by atoms with Crippen LogP contribution in [0.2, 0.25) is 5.02 Å². The van der Waals surface area contributed by atoms with Crippen LogP contribution < -0.4 is 5.56 Å².